The number of amides is 1. The zero-order valence-electron chi connectivity index (χ0n) is 10.4. The van der Waals surface area contributed by atoms with Gasteiger partial charge in [0.15, 0.2) is 0 Å². The molecule has 0 saturated heterocycles. The van der Waals surface area contributed by atoms with Gasteiger partial charge in [-0.25, -0.2) is 5.43 Å². The molecule has 0 saturated carbocycles. The number of phenolic OH excluding ortho intramolecular Hbond substituents is 1. The molecule has 0 aliphatic carbocycles. The first-order chi connectivity index (χ1) is 9.18. The second-order valence-electron chi connectivity index (χ2n) is 3.87. The number of rotatable bonds is 3. The van der Waals surface area contributed by atoms with Crippen molar-refractivity contribution in [3.8, 4) is 5.75 Å². The van der Waals surface area contributed by atoms with Gasteiger partial charge in [0.05, 0.1) is 5.71 Å². The molecule has 2 rings (SSSR count). The molecule has 96 valence electrons. The van der Waals surface area contributed by atoms with Crippen molar-refractivity contribution >= 4 is 11.6 Å². The lowest BCUT2D eigenvalue weighted by Gasteiger charge is -2.04. The van der Waals surface area contributed by atoms with Gasteiger partial charge < -0.3 is 5.11 Å². The van der Waals surface area contributed by atoms with E-state index in [1.807, 2.05) is 0 Å². The highest BCUT2D eigenvalue weighted by atomic mass is 16.3. The van der Waals surface area contributed by atoms with E-state index >= 15 is 0 Å². The molecular weight excluding hydrogens is 242 g/mol. The third kappa shape index (κ3) is 3.16. The number of hydrazone groups is 1. The Labute approximate surface area is 110 Å². The average Bonchev–Trinajstić information content (AvgIpc) is 2.46. The van der Waals surface area contributed by atoms with Crippen LogP contribution >= 0.6 is 0 Å². The van der Waals surface area contributed by atoms with Crippen LogP contribution in [0, 0.1) is 0 Å². The van der Waals surface area contributed by atoms with E-state index in [-0.39, 0.29) is 11.4 Å². The lowest BCUT2D eigenvalue weighted by Crippen LogP contribution is -2.20. The molecule has 1 aromatic carbocycles. The quantitative estimate of drug-likeness (QED) is 0.650. The van der Waals surface area contributed by atoms with Crippen molar-refractivity contribution in [3.63, 3.8) is 0 Å². The van der Waals surface area contributed by atoms with Gasteiger partial charge in [-0.15, -0.1) is 0 Å². The van der Waals surface area contributed by atoms with Gasteiger partial charge in [0.25, 0.3) is 5.91 Å². The fourth-order valence-corrected chi connectivity index (χ4v) is 1.53. The lowest BCUT2D eigenvalue weighted by atomic mass is 10.1. The Morgan fingerprint density at radius 2 is 1.95 bits per heavy atom. The summed E-state index contributed by atoms with van der Waals surface area (Å²) in [6.45, 7) is 1.70. The summed E-state index contributed by atoms with van der Waals surface area (Å²) < 4.78 is 0. The minimum absolute atomic E-state index is 0.121. The molecule has 0 spiro atoms. The summed E-state index contributed by atoms with van der Waals surface area (Å²) in [6, 6.07) is 11.8. The maximum Gasteiger partial charge on any atom is 0.289 e. The minimum atomic E-state index is -0.393. The second kappa shape index (κ2) is 5.77. The van der Waals surface area contributed by atoms with E-state index in [1.165, 1.54) is 6.20 Å². The number of benzene rings is 1. The molecule has 19 heavy (non-hydrogen) atoms. The Balaban J connectivity index is 2.11. The summed E-state index contributed by atoms with van der Waals surface area (Å²) in [6.07, 6.45) is 1.54. The fourth-order valence-electron chi connectivity index (χ4n) is 1.53. The molecule has 0 radical (unpaired) electrons. The number of carbonyl (C=O) groups is 1. The van der Waals surface area contributed by atoms with Crippen molar-refractivity contribution < 1.29 is 9.90 Å². The van der Waals surface area contributed by atoms with Crippen LogP contribution in [0.1, 0.15) is 23.0 Å². The molecule has 0 aliphatic heterocycles. The Hall–Kier alpha value is -2.69. The van der Waals surface area contributed by atoms with E-state index in [0.717, 1.165) is 0 Å². The summed E-state index contributed by atoms with van der Waals surface area (Å²) in [5.41, 5.74) is 3.78. The van der Waals surface area contributed by atoms with Gasteiger partial charge in [-0.3, -0.25) is 9.78 Å². The number of para-hydroxylation sites is 1. The van der Waals surface area contributed by atoms with E-state index in [9.17, 15) is 9.90 Å². The smallest absolute Gasteiger partial charge is 0.289 e. The van der Waals surface area contributed by atoms with E-state index in [4.69, 9.17) is 0 Å². The zero-order valence-corrected chi connectivity index (χ0v) is 10.4. The number of aromatic hydroxyl groups is 1. The monoisotopic (exact) mass is 255 g/mol. The Morgan fingerprint density at radius 1 is 1.21 bits per heavy atom. The minimum Gasteiger partial charge on any atom is -0.507 e. The normalized spacial score (nSPS) is 11.1. The molecule has 2 aromatic rings. The highest BCUT2D eigenvalue weighted by Gasteiger charge is 2.06. The van der Waals surface area contributed by atoms with Gasteiger partial charge in [-0.1, -0.05) is 18.2 Å². The Kier molecular flexibility index (Phi) is 3.87. The number of hydrogen-bond donors (Lipinski definition) is 2. The highest BCUT2D eigenvalue weighted by molar-refractivity contribution is 6.02. The summed E-state index contributed by atoms with van der Waals surface area (Å²) in [5.74, 6) is -0.272. The molecular formula is C14H13N3O2. The summed E-state index contributed by atoms with van der Waals surface area (Å²) in [7, 11) is 0. The zero-order chi connectivity index (χ0) is 13.7. The van der Waals surface area contributed by atoms with Crippen LogP contribution in [-0.4, -0.2) is 21.7 Å². The van der Waals surface area contributed by atoms with Gasteiger partial charge in [-0.2, -0.15) is 5.10 Å². The van der Waals surface area contributed by atoms with Crippen LogP contribution < -0.4 is 5.43 Å². The largest absolute Gasteiger partial charge is 0.507 e. The molecule has 0 unspecified atom stereocenters. The molecule has 5 nitrogen and oxygen atoms in total. The van der Waals surface area contributed by atoms with E-state index in [2.05, 4.69) is 15.5 Å². The van der Waals surface area contributed by atoms with Gasteiger partial charge in [0.1, 0.15) is 11.4 Å². The molecule has 0 bridgehead atoms. The number of nitrogens with one attached hydrogen (secondary N) is 1. The molecule has 0 atom stereocenters. The third-order valence-electron chi connectivity index (χ3n) is 2.52. The van der Waals surface area contributed by atoms with Crippen molar-refractivity contribution in [2.24, 2.45) is 5.10 Å². The average molecular weight is 255 g/mol. The van der Waals surface area contributed by atoms with Crippen LogP contribution in [0.4, 0.5) is 0 Å². The van der Waals surface area contributed by atoms with Crippen molar-refractivity contribution in [1.29, 1.82) is 0 Å². The Morgan fingerprint density at radius 3 is 2.63 bits per heavy atom. The highest BCUT2D eigenvalue weighted by Crippen LogP contribution is 2.16. The SMILES string of the molecule is CC(=NNC(=O)c1ccccn1)c1ccccc1O. The number of carbonyl (C=O) groups excluding carboxylic acids is 1. The molecule has 2 N–H and O–H groups in total. The lowest BCUT2D eigenvalue weighted by molar-refractivity contribution is 0.0950. The molecule has 1 heterocycles. The van der Waals surface area contributed by atoms with Crippen LogP contribution in [0.5, 0.6) is 5.75 Å². The number of nitrogens with zero attached hydrogens (tertiary/aromatic N) is 2. The molecule has 5 heteroatoms. The van der Waals surface area contributed by atoms with Gasteiger partial charge in [-0.05, 0) is 31.2 Å². The first-order valence-electron chi connectivity index (χ1n) is 5.72. The van der Waals surface area contributed by atoms with Gasteiger partial charge >= 0.3 is 0 Å². The number of hydrogen-bond acceptors (Lipinski definition) is 4. The second-order valence-corrected chi connectivity index (χ2v) is 3.87. The number of pyridine rings is 1. The molecule has 0 aliphatic rings. The van der Waals surface area contributed by atoms with Crippen molar-refractivity contribution in [3.05, 3.63) is 59.9 Å². The number of phenols is 1. The summed E-state index contributed by atoms with van der Waals surface area (Å²) in [5, 5.41) is 13.6. The number of aromatic nitrogens is 1. The standard InChI is InChI=1S/C14H13N3O2/c1-10(11-6-2-3-8-13(11)18)16-17-14(19)12-7-4-5-9-15-12/h2-9,18H,1H3,(H,17,19). The van der Waals surface area contributed by atoms with E-state index < -0.39 is 5.91 Å². The van der Waals surface area contributed by atoms with Crippen LogP contribution in [0.25, 0.3) is 0 Å². The molecule has 1 amide bonds. The third-order valence-corrected chi connectivity index (χ3v) is 2.52. The first-order valence-corrected chi connectivity index (χ1v) is 5.72. The maximum absolute atomic E-state index is 11.7. The predicted octanol–water partition coefficient (Wildman–Crippen LogP) is 1.94. The first kappa shape index (κ1) is 12.8. The van der Waals surface area contributed by atoms with Gasteiger partial charge in [0.2, 0.25) is 0 Å². The van der Waals surface area contributed by atoms with E-state index in [1.54, 1.807) is 49.4 Å². The van der Waals surface area contributed by atoms with Crippen LogP contribution in [0.2, 0.25) is 0 Å². The van der Waals surface area contributed by atoms with Crippen molar-refractivity contribution in [1.82, 2.24) is 10.4 Å². The van der Waals surface area contributed by atoms with Crippen molar-refractivity contribution in [2.45, 2.75) is 6.92 Å². The Bertz CT molecular complexity index is 609. The summed E-state index contributed by atoms with van der Waals surface area (Å²) in [4.78, 5) is 15.6. The fraction of sp³-hybridized carbons (Fsp3) is 0.0714. The van der Waals surface area contributed by atoms with E-state index in [0.29, 0.717) is 11.3 Å². The van der Waals surface area contributed by atoms with Crippen LogP contribution in [0.15, 0.2) is 53.8 Å². The van der Waals surface area contributed by atoms with Crippen molar-refractivity contribution in [2.75, 3.05) is 0 Å². The van der Waals surface area contributed by atoms with Crippen LogP contribution in [-0.2, 0) is 0 Å². The predicted molar refractivity (Wildman–Crippen MR) is 72.0 cm³/mol. The topological polar surface area (TPSA) is 74.6 Å². The van der Waals surface area contributed by atoms with Crippen LogP contribution in [0.3, 0.4) is 0 Å². The maximum atomic E-state index is 11.7. The summed E-state index contributed by atoms with van der Waals surface area (Å²) >= 11 is 0. The van der Waals surface area contributed by atoms with Gasteiger partial charge in [0, 0.05) is 11.8 Å². The molecule has 0 fully saturated rings. The molecule has 1 aromatic heterocycles.